The van der Waals surface area contributed by atoms with Crippen LogP contribution in [0.5, 0.6) is 0 Å². The Kier molecular flexibility index (Phi) is 2.77. The summed E-state index contributed by atoms with van der Waals surface area (Å²) in [5.41, 5.74) is 1.87. The van der Waals surface area contributed by atoms with Crippen molar-refractivity contribution in [2.75, 3.05) is 0 Å². The molecule has 106 valence electrons. The maximum atomic E-state index is 13.4. The molecule has 2 aromatic rings. The third-order valence-corrected chi connectivity index (χ3v) is 3.94. The lowest BCUT2D eigenvalue weighted by Crippen LogP contribution is -2.07. The van der Waals surface area contributed by atoms with Gasteiger partial charge in [-0.1, -0.05) is 12.2 Å². The van der Waals surface area contributed by atoms with Gasteiger partial charge in [0.05, 0.1) is 11.1 Å². The average molecular weight is 276 g/mol. The average Bonchev–Trinajstić information content (AvgIpc) is 2.88. The second-order valence-corrected chi connectivity index (χ2v) is 5.47. The zero-order valence-electron chi connectivity index (χ0n) is 11.9. The number of nitrogens with zero attached hydrogens (tertiary/aromatic N) is 4. The van der Waals surface area contributed by atoms with Crippen LogP contribution in [0.2, 0.25) is 0 Å². The van der Waals surface area contributed by atoms with Crippen molar-refractivity contribution in [1.82, 2.24) is 20.0 Å². The molecule has 1 aliphatic carbocycles. The van der Waals surface area contributed by atoms with Crippen molar-refractivity contribution in [2.24, 2.45) is 7.05 Å². The number of hydrogen-bond donors (Lipinski definition) is 0. The zero-order valence-corrected chi connectivity index (χ0v) is 11.9. The molecule has 3 rings (SSSR count). The van der Waals surface area contributed by atoms with E-state index in [9.17, 15) is 4.39 Å². The van der Waals surface area contributed by atoms with Crippen LogP contribution in [0.15, 0.2) is 22.6 Å². The summed E-state index contributed by atoms with van der Waals surface area (Å²) >= 11 is 0. The Morgan fingerprint density at radius 3 is 2.70 bits per heavy atom. The minimum Gasteiger partial charge on any atom is -0.418 e. The van der Waals surface area contributed by atoms with Gasteiger partial charge < -0.3 is 4.42 Å². The van der Waals surface area contributed by atoms with Gasteiger partial charge in [0.2, 0.25) is 5.89 Å². The predicted octanol–water partition coefficient (Wildman–Crippen LogP) is 3.11. The van der Waals surface area contributed by atoms with Crippen molar-refractivity contribution in [3.05, 3.63) is 29.8 Å². The minimum absolute atomic E-state index is 0.157. The summed E-state index contributed by atoms with van der Waals surface area (Å²) in [5.74, 6) is 0.913. The van der Waals surface area contributed by atoms with E-state index in [1.165, 1.54) is 11.6 Å². The summed E-state index contributed by atoms with van der Waals surface area (Å²) in [5, 5.41) is 12.4. The van der Waals surface area contributed by atoms with E-state index in [0.717, 1.165) is 18.4 Å². The molecule has 1 fully saturated rings. The normalized spacial score (nSPS) is 18.0. The van der Waals surface area contributed by atoms with Gasteiger partial charge in [0, 0.05) is 7.05 Å². The smallest absolute Gasteiger partial charge is 0.268 e. The number of aromatic nitrogens is 4. The number of alkyl halides is 1. The van der Waals surface area contributed by atoms with Gasteiger partial charge >= 0.3 is 0 Å². The fraction of sp³-hybridized carbons (Fsp3) is 0.500. The highest BCUT2D eigenvalue weighted by Crippen LogP contribution is 2.52. The van der Waals surface area contributed by atoms with Crippen molar-refractivity contribution in [2.45, 2.75) is 38.3 Å². The first kappa shape index (κ1) is 13.0. The number of hydrogen-bond acceptors (Lipinski definition) is 4. The maximum Gasteiger partial charge on any atom is 0.268 e. The molecule has 1 saturated carbocycles. The third-order valence-electron chi connectivity index (χ3n) is 3.94. The molecule has 0 aliphatic heterocycles. The van der Waals surface area contributed by atoms with Gasteiger partial charge in [-0.2, -0.15) is 5.10 Å². The summed E-state index contributed by atoms with van der Waals surface area (Å²) < 4.78 is 20.6. The van der Waals surface area contributed by atoms with E-state index in [4.69, 9.17) is 4.42 Å². The second-order valence-electron chi connectivity index (χ2n) is 5.47. The van der Waals surface area contributed by atoms with Crippen LogP contribution >= 0.6 is 0 Å². The summed E-state index contributed by atoms with van der Waals surface area (Å²) in [6, 6.07) is 1.64. The number of halogens is 1. The Morgan fingerprint density at radius 2 is 2.20 bits per heavy atom. The topological polar surface area (TPSA) is 56.7 Å². The molecule has 1 aliphatic rings. The zero-order chi connectivity index (χ0) is 14.5. The lowest BCUT2D eigenvalue weighted by molar-refractivity contribution is 0.353. The SMILES string of the molecule is C=C(C)C1(c2nnc(-c3cc(C(C)F)n(C)n3)o2)CC1. The summed E-state index contributed by atoms with van der Waals surface area (Å²) in [6.45, 7) is 7.44. The van der Waals surface area contributed by atoms with Crippen LogP contribution in [0.3, 0.4) is 0 Å². The van der Waals surface area contributed by atoms with Crippen LogP contribution in [0, 0.1) is 0 Å². The molecule has 0 aromatic carbocycles. The maximum absolute atomic E-state index is 13.4. The first-order valence-electron chi connectivity index (χ1n) is 6.62. The van der Waals surface area contributed by atoms with Gasteiger partial charge in [0.15, 0.2) is 0 Å². The molecular formula is C14H17FN4O. The number of rotatable bonds is 4. The molecule has 6 heteroatoms. The van der Waals surface area contributed by atoms with Gasteiger partial charge in [0.1, 0.15) is 11.9 Å². The Morgan fingerprint density at radius 1 is 1.50 bits per heavy atom. The molecular weight excluding hydrogens is 259 g/mol. The minimum atomic E-state index is -1.09. The Balaban J connectivity index is 1.95. The highest BCUT2D eigenvalue weighted by atomic mass is 19.1. The van der Waals surface area contributed by atoms with Gasteiger partial charge in [-0.15, -0.1) is 10.2 Å². The second kappa shape index (κ2) is 4.26. The van der Waals surface area contributed by atoms with Gasteiger partial charge in [0.25, 0.3) is 5.89 Å². The Bertz CT molecular complexity index is 667. The van der Waals surface area contributed by atoms with Crippen molar-refractivity contribution in [3.63, 3.8) is 0 Å². The van der Waals surface area contributed by atoms with E-state index in [1.807, 2.05) is 6.92 Å². The first-order chi connectivity index (χ1) is 9.44. The van der Waals surface area contributed by atoms with Crippen molar-refractivity contribution in [1.29, 1.82) is 0 Å². The molecule has 0 bridgehead atoms. The predicted molar refractivity (Wildman–Crippen MR) is 71.7 cm³/mol. The summed E-state index contributed by atoms with van der Waals surface area (Å²) in [4.78, 5) is 0. The molecule has 20 heavy (non-hydrogen) atoms. The fourth-order valence-corrected chi connectivity index (χ4v) is 2.43. The standard InChI is InChI=1S/C14H17FN4O/c1-8(2)14(5-6-14)13-17-16-12(20-13)10-7-11(9(3)15)19(4)18-10/h7,9H,1,5-6H2,2-4H3. The third kappa shape index (κ3) is 1.87. The quantitative estimate of drug-likeness (QED) is 0.805. The molecule has 0 saturated heterocycles. The molecule has 0 spiro atoms. The van der Waals surface area contributed by atoms with Crippen LogP contribution < -0.4 is 0 Å². The van der Waals surface area contributed by atoms with Crippen LogP contribution in [0.25, 0.3) is 11.6 Å². The molecule has 0 radical (unpaired) electrons. The van der Waals surface area contributed by atoms with Crippen molar-refractivity contribution < 1.29 is 8.81 Å². The van der Waals surface area contributed by atoms with E-state index in [2.05, 4.69) is 21.9 Å². The monoisotopic (exact) mass is 276 g/mol. The van der Waals surface area contributed by atoms with Gasteiger partial charge in [-0.05, 0) is 32.8 Å². The molecule has 1 unspecified atom stereocenters. The molecule has 2 heterocycles. The largest absolute Gasteiger partial charge is 0.418 e. The molecule has 0 N–H and O–H groups in total. The summed E-state index contributed by atoms with van der Waals surface area (Å²) in [7, 11) is 1.70. The first-order valence-corrected chi connectivity index (χ1v) is 6.62. The van der Waals surface area contributed by atoms with Crippen LogP contribution in [-0.4, -0.2) is 20.0 Å². The fourth-order valence-electron chi connectivity index (χ4n) is 2.43. The van der Waals surface area contributed by atoms with E-state index in [1.54, 1.807) is 13.1 Å². The molecule has 0 amide bonds. The Labute approximate surface area is 116 Å². The number of allylic oxidation sites excluding steroid dienone is 1. The van der Waals surface area contributed by atoms with E-state index in [-0.39, 0.29) is 5.41 Å². The van der Waals surface area contributed by atoms with Crippen LogP contribution in [-0.2, 0) is 12.5 Å². The highest BCUT2D eigenvalue weighted by Gasteiger charge is 2.50. The number of aryl methyl sites for hydroxylation is 1. The lowest BCUT2D eigenvalue weighted by atomic mass is 9.99. The van der Waals surface area contributed by atoms with E-state index >= 15 is 0 Å². The highest BCUT2D eigenvalue weighted by molar-refractivity contribution is 5.47. The molecule has 1 atom stereocenters. The van der Waals surface area contributed by atoms with Gasteiger partial charge in [-0.25, -0.2) is 4.39 Å². The molecule has 2 aromatic heterocycles. The van der Waals surface area contributed by atoms with Crippen molar-refractivity contribution in [3.8, 4) is 11.6 Å². The van der Waals surface area contributed by atoms with E-state index < -0.39 is 6.17 Å². The van der Waals surface area contributed by atoms with E-state index in [0.29, 0.717) is 23.2 Å². The lowest BCUT2D eigenvalue weighted by Gasteiger charge is -2.08. The Hall–Kier alpha value is -1.98. The van der Waals surface area contributed by atoms with Gasteiger partial charge in [-0.3, -0.25) is 4.68 Å². The molecule has 5 nitrogen and oxygen atoms in total. The summed E-state index contributed by atoms with van der Waals surface area (Å²) in [6.07, 6.45) is 0.881. The van der Waals surface area contributed by atoms with Crippen LogP contribution in [0.4, 0.5) is 4.39 Å². The van der Waals surface area contributed by atoms with Crippen LogP contribution in [0.1, 0.15) is 44.4 Å². The van der Waals surface area contributed by atoms with Crippen molar-refractivity contribution >= 4 is 0 Å².